The maximum Gasteiger partial charge on any atom is 0.408 e. The highest BCUT2D eigenvalue weighted by Gasteiger charge is 2.28. The van der Waals surface area contributed by atoms with Crippen LogP contribution in [0.15, 0.2) is 30.3 Å². The summed E-state index contributed by atoms with van der Waals surface area (Å²) in [6.07, 6.45) is 1.25. The van der Waals surface area contributed by atoms with Gasteiger partial charge in [-0.05, 0) is 31.2 Å². The molecular formula is C21H24N2O8. The summed E-state index contributed by atoms with van der Waals surface area (Å²) in [4.78, 5) is 40.9. The molecule has 1 amide bonds. The molecule has 1 unspecified atom stereocenters. The third-order valence-electron chi connectivity index (χ3n) is 5.00. The number of alkyl carbamates (subject to hydrolysis) is 1. The van der Waals surface area contributed by atoms with Crippen LogP contribution in [0.1, 0.15) is 36.0 Å². The fourth-order valence-electron chi connectivity index (χ4n) is 3.42. The van der Waals surface area contributed by atoms with E-state index in [4.69, 9.17) is 14.7 Å². The van der Waals surface area contributed by atoms with E-state index in [1.54, 1.807) is 24.3 Å². The lowest BCUT2D eigenvalue weighted by molar-refractivity contribution is -0.140. The number of ether oxygens (including phenoxy) is 1. The molecule has 2 aromatic rings. The van der Waals surface area contributed by atoms with E-state index in [-0.39, 0.29) is 18.4 Å². The molecule has 0 radical (unpaired) electrons. The second-order valence-electron chi connectivity index (χ2n) is 7.20. The average molecular weight is 432 g/mol. The first-order valence-electron chi connectivity index (χ1n) is 9.86. The summed E-state index contributed by atoms with van der Waals surface area (Å²) in [5, 5.41) is 31.8. The van der Waals surface area contributed by atoms with Gasteiger partial charge in [-0.3, -0.25) is 9.59 Å². The molecule has 0 spiro atoms. The second kappa shape index (κ2) is 9.88. The molecule has 10 heteroatoms. The monoisotopic (exact) mass is 432 g/mol. The standard InChI is InChI=1S/C21H24N2O8/c24-17(12-31-23-19(27)14-8-4-5-9-15(14)20(23)28)16(10-18(25)26)22-21(29)30-11-13-6-2-1-3-7-13/h1-3,6-7,16,27-28H,4-5,8-12H2,(H,22,29)(H,25,26). The van der Waals surface area contributed by atoms with Crippen molar-refractivity contribution in [2.75, 3.05) is 6.61 Å². The lowest BCUT2D eigenvalue weighted by atomic mass is 9.95. The van der Waals surface area contributed by atoms with Gasteiger partial charge in [0.1, 0.15) is 12.6 Å². The normalized spacial score (nSPS) is 13.7. The molecule has 1 aliphatic carbocycles. The van der Waals surface area contributed by atoms with Gasteiger partial charge in [-0.25, -0.2) is 4.79 Å². The fraction of sp³-hybridized carbons (Fsp3) is 0.381. The lowest BCUT2D eigenvalue weighted by Gasteiger charge is -2.16. The van der Waals surface area contributed by atoms with Crippen molar-refractivity contribution in [3.8, 4) is 11.8 Å². The molecule has 1 heterocycles. The number of Topliss-reactive ketones (excluding diaryl/α,β-unsaturated/α-hetero) is 1. The van der Waals surface area contributed by atoms with E-state index in [1.807, 2.05) is 6.07 Å². The predicted molar refractivity (Wildman–Crippen MR) is 107 cm³/mol. The number of carboxylic acids is 1. The molecule has 1 aliphatic rings. The summed E-state index contributed by atoms with van der Waals surface area (Å²) in [6.45, 7) is -0.723. The molecule has 1 aromatic carbocycles. The van der Waals surface area contributed by atoms with Crippen molar-refractivity contribution in [1.29, 1.82) is 0 Å². The molecule has 0 saturated heterocycles. The molecule has 1 atom stereocenters. The van der Waals surface area contributed by atoms with Crippen molar-refractivity contribution in [3.63, 3.8) is 0 Å². The van der Waals surface area contributed by atoms with Crippen LogP contribution in [0, 0.1) is 0 Å². The molecule has 31 heavy (non-hydrogen) atoms. The number of carbonyl (C=O) groups is 3. The van der Waals surface area contributed by atoms with Crippen molar-refractivity contribution < 1.29 is 39.3 Å². The van der Waals surface area contributed by atoms with Gasteiger partial charge in [-0.1, -0.05) is 30.3 Å². The Bertz CT molecular complexity index is 925. The quantitative estimate of drug-likeness (QED) is 0.467. The van der Waals surface area contributed by atoms with Crippen LogP contribution >= 0.6 is 0 Å². The average Bonchev–Trinajstić information content (AvgIpc) is 3.00. The van der Waals surface area contributed by atoms with Gasteiger partial charge >= 0.3 is 12.1 Å². The first kappa shape index (κ1) is 22.0. The minimum absolute atomic E-state index is 0.0478. The van der Waals surface area contributed by atoms with Crippen LogP contribution in [0.4, 0.5) is 4.79 Å². The molecule has 0 saturated carbocycles. The SMILES string of the molecule is O=C(O)CC(NC(=O)OCc1ccccc1)C(=O)COn1c(O)c2c(c1O)CCCC2. The van der Waals surface area contributed by atoms with Crippen LogP contribution in [0.25, 0.3) is 0 Å². The van der Waals surface area contributed by atoms with E-state index in [2.05, 4.69) is 5.32 Å². The third-order valence-corrected chi connectivity index (χ3v) is 5.00. The van der Waals surface area contributed by atoms with Crippen molar-refractivity contribution in [3.05, 3.63) is 47.0 Å². The van der Waals surface area contributed by atoms with Crippen molar-refractivity contribution >= 4 is 17.8 Å². The minimum Gasteiger partial charge on any atom is -0.492 e. The zero-order valence-electron chi connectivity index (χ0n) is 16.7. The third kappa shape index (κ3) is 5.47. The summed E-state index contributed by atoms with van der Waals surface area (Å²) in [5.41, 5.74) is 1.87. The number of nitrogens with one attached hydrogen (secondary N) is 1. The number of hydrogen-bond donors (Lipinski definition) is 4. The lowest BCUT2D eigenvalue weighted by Crippen LogP contribution is -2.45. The molecular weight excluding hydrogens is 408 g/mol. The number of carboxylic acid groups (broad SMARTS) is 1. The molecule has 4 N–H and O–H groups in total. The number of aromatic hydroxyl groups is 2. The summed E-state index contributed by atoms with van der Waals surface area (Å²) in [5.74, 6) is -2.64. The van der Waals surface area contributed by atoms with Crippen molar-refractivity contribution in [2.24, 2.45) is 0 Å². The van der Waals surface area contributed by atoms with E-state index < -0.39 is 36.9 Å². The number of amides is 1. The van der Waals surface area contributed by atoms with Crippen LogP contribution in [0.5, 0.6) is 11.8 Å². The number of aliphatic carboxylic acids is 1. The Balaban J connectivity index is 1.60. The van der Waals surface area contributed by atoms with Gasteiger partial charge in [0.15, 0.2) is 12.4 Å². The highest BCUT2D eigenvalue weighted by molar-refractivity contribution is 5.91. The van der Waals surface area contributed by atoms with Crippen LogP contribution in [-0.2, 0) is 33.8 Å². The summed E-state index contributed by atoms with van der Waals surface area (Å²) in [7, 11) is 0. The Labute approximate surface area is 178 Å². The molecule has 3 rings (SSSR count). The molecule has 0 aliphatic heterocycles. The molecule has 166 valence electrons. The smallest absolute Gasteiger partial charge is 0.408 e. The number of carbonyl (C=O) groups excluding carboxylic acids is 2. The number of aromatic nitrogens is 1. The van der Waals surface area contributed by atoms with E-state index in [0.717, 1.165) is 23.1 Å². The Morgan fingerprint density at radius 3 is 2.23 bits per heavy atom. The Kier molecular flexibility index (Phi) is 7.01. The number of fused-ring (bicyclic) bond motifs is 1. The van der Waals surface area contributed by atoms with Gasteiger partial charge in [-0.15, -0.1) is 4.73 Å². The van der Waals surface area contributed by atoms with E-state index in [1.165, 1.54) is 0 Å². The van der Waals surface area contributed by atoms with Crippen LogP contribution in [0.2, 0.25) is 0 Å². The zero-order chi connectivity index (χ0) is 22.4. The summed E-state index contributed by atoms with van der Waals surface area (Å²) >= 11 is 0. The predicted octanol–water partition coefficient (Wildman–Crippen LogP) is 1.55. The Morgan fingerprint density at radius 1 is 1.03 bits per heavy atom. The first-order valence-corrected chi connectivity index (χ1v) is 9.86. The molecule has 1 aromatic heterocycles. The maximum atomic E-state index is 12.5. The van der Waals surface area contributed by atoms with E-state index >= 15 is 0 Å². The zero-order valence-corrected chi connectivity index (χ0v) is 16.7. The van der Waals surface area contributed by atoms with Crippen molar-refractivity contribution in [1.82, 2.24) is 10.0 Å². The number of hydrogen-bond acceptors (Lipinski definition) is 7. The fourth-order valence-corrected chi connectivity index (χ4v) is 3.42. The van der Waals surface area contributed by atoms with Crippen LogP contribution in [0.3, 0.4) is 0 Å². The second-order valence-corrected chi connectivity index (χ2v) is 7.20. The highest BCUT2D eigenvalue weighted by atomic mass is 16.7. The molecule has 0 bridgehead atoms. The van der Waals surface area contributed by atoms with E-state index in [0.29, 0.717) is 24.0 Å². The number of benzene rings is 1. The van der Waals surface area contributed by atoms with Gasteiger partial charge < -0.3 is 30.2 Å². The number of ketones is 1. The van der Waals surface area contributed by atoms with Gasteiger partial charge in [-0.2, -0.15) is 0 Å². The number of nitrogens with zero attached hydrogens (tertiary/aromatic N) is 1. The topological polar surface area (TPSA) is 147 Å². The van der Waals surface area contributed by atoms with Gasteiger partial charge in [0.05, 0.1) is 6.42 Å². The van der Waals surface area contributed by atoms with Crippen molar-refractivity contribution in [2.45, 2.75) is 44.8 Å². The molecule has 10 nitrogen and oxygen atoms in total. The highest BCUT2D eigenvalue weighted by Crippen LogP contribution is 2.37. The van der Waals surface area contributed by atoms with Gasteiger partial charge in [0.25, 0.3) is 0 Å². The Hall–Kier alpha value is -3.69. The van der Waals surface area contributed by atoms with Crippen LogP contribution in [-0.4, -0.2) is 50.5 Å². The summed E-state index contributed by atoms with van der Waals surface area (Å²) < 4.78 is 5.79. The first-order chi connectivity index (χ1) is 14.9. The summed E-state index contributed by atoms with van der Waals surface area (Å²) in [6, 6.07) is 7.44. The number of rotatable bonds is 9. The largest absolute Gasteiger partial charge is 0.492 e. The minimum atomic E-state index is -1.41. The van der Waals surface area contributed by atoms with Crippen LogP contribution < -0.4 is 10.2 Å². The maximum absolute atomic E-state index is 12.5. The van der Waals surface area contributed by atoms with Gasteiger partial charge in [0.2, 0.25) is 11.8 Å². The Morgan fingerprint density at radius 2 is 1.65 bits per heavy atom. The van der Waals surface area contributed by atoms with Gasteiger partial charge in [0, 0.05) is 11.1 Å². The molecule has 0 fully saturated rings. The van der Waals surface area contributed by atoms with E-state index in [9.17, 15) is 24.6 Å².